The standard InChI is InChI=1S/C16H26BrNS/c1-10-9-13(17)15(19-10)14(18)11-5-7-12(8-6-11)16(2,3)4/h9,11-12,14H,5-8,18H2,1-4H3. The van der Waals surface area contributed by atoms with Gasteiger partial charge in [-0.3, -0.25) is 0 Å². The first kappa shape index (κ1) is 15.5. The largest absolute Gasteiger partial charge is 0.323 e. The minimum absolute atomic E-state index is 0.217. The van der Waals surface area contributed by atoms with Gasteiger partial charge in [-0.2, -0.15) is 0 Å². The minimum Gasteiger partial charge on any atom is -0.323 e. The lowest BCUT2D eigenvalue weighted by Crippen LogP contribution is -2.30. The van der Waals surface area contributed by atoms with Crippen molar-refractivity contribution in [3.05, 3.63) is 20.3 Å². The Morgan fingerprint density at radius 1 is 1.26 bits per heavy atom. The molecule has 1 saturated carbocycles. The third kappa shape index (κ3) is 3.62. The lowest BCUT2D eigenvalue weighted by molar-refractivity contribution is 0.140. The quantitative estimate of drug-likeness (QED) is 0.735. The van der Waals surface area contributed by atoms with Crippen molar-refractivity contribution in [1.82, 2.24) is 0 Å². The maximum Gasteiger partial charge on any atom is 0.0429 e. The second-order valence-electron chi connectivity index (χ2n) is 7.07. The number of nitrogens with two attached hydrogens (primary N) is 1. The van der Waals surface area contributed by atoms with Crippen molar-refractivity contribution in [3.8, 4) is 0 Å². The fourth-order valence-corrected chi connectivity index (χ4v) is 5.30. The maximum absolute atomic E-state index is 6.52. The van der Waals surface area contributed by atoms with Crippen LogP contribution in [0.25, 0.3) is 0 Å². The molecule has 1 heterocycles. The van der Waals surface area contributed by atoms with Crippen molar-refractivity contribution in [2.45, 2.75) is 59.4 Å². The molecule has 1 atom stereocenters. The van der Waals surface area contributed by atoms with Gasteiger partial charge in [0, 0.05) is 20.3 Å². The van der Waals surface area contributed by atoms with Gasteiger partial charge in [0.25, 0.3) is 0 Å². The molecule has 1 aliphatic carbocycles. The third-order valence-electron chi connectivity index (χ3n) is 4.64. The van der Waals surface area contributed by atoms with Gasteiger partial charge in [0.15, 0.2) is 0 Å². The van der Waals surface area contributed by atoms with Crippen LogP contribution in [0.4, 0.5) is 0 Å². The molecule has 3 heteroatoms. The van der Waals surface area contributed by atoms with Crippen LogP contribution in [-0.2, 0) is 0 Å². The van der Waals surface area contributed by atoms with Crippen molar-refractivity contribution in [2.75, 3.05) is 0 Å². The zero-order chi connectivity index (χ0) is 14.2. The predicted molar refractivity (Wildman–Crippen MR) is 88.6 cm³/mol. The summed E-state index contributed by atoms with van der Waals surface area (Å²) in [6, 6.07) is 2.41. The van der Waals surface area contributed by atoms with E-state index < -0.39 is 0 Å². The zero-order valence-corrected chi connectivity index (χ0v) is 14.9. The highest BCUT2D eigenvalue weighted by Gasteiger charge is 2.33. The lowest BCUT2D eigenvalue weighted by Gasteiger charge is -2.38. The molecule has 0 bridgehead atoms. The summed E-state index contributed by atoms with van der Waals surface area (Å²) in [5, 5.41) is 0. The van der Waals surface area contributed by atoms with Crippen LogP contribution in [0.1, 0.15) is 62.3 Å². The highest BCUT2D eigenvalue weighted by Crippen LogP contribution is 2.44. The number of halogens is 1. The molecular formula is C16H26BrNS. The normalized spacial score (nSPS) is 26.4. The molecule has 0 aromatic carbocycles. The average Bonchev–Trinajstić information content (AvgIpc) is 2.66. The Hall–Kier alpha value is 0.140. The first-order valence-corrected chi connectivity index (χ1v) is 8.91. The highest BCUT2D eigenvalue weighted by atomic mass is 79.9. The molecule has 19 heavy (non-hydrogen) atoms. The maximum atomic E-state index is 6.52. The van der Waals surface area contributed by atoms with E-state index in [4.69, 9.17) is 5.73 Å². The molecule has 0 aliphatic heterocycles. The van der Waals surface area contributed by atoms with Crippen LogP contribution in [0.15, 0.2) is 10.5 Å². The summed E-state index contributed by atoms with van der Waals surface area (Å²) >= 11 is 5.51. The molecule has 1 aromatic rings. The van der Waals surface area contributed by atoms with Crippen LogP contribution in [-0.4, -0.2) is 0 Å². The lowest BCUT2D eigenvalue weighted by atomic mass is 9.68. The van der Waals surface area contributed by atoms with Gasteiger partial charge in [-0.15, -0.1) is 11.3 Å². The van der Waals surface area contributed by atoms with E-state index in [2.05, 4.69) is 49.7 Å². The van der Waals surface area contributed by atoms with Gasteiger partial charge in [-0.25, -0.2) is 0 Å². The first-order chi connectivity index (χ1) is 8.79. The predicted octanol–water partition coefficient (Wildman–Crippen LogP) is 5.67. The van der Waals surface area contributed by atoms with Crippen molar-refractivity contribution in [1.29, 1.82) is 0 Å². The molecule has 1 fully saturated rings. The molecule has 1 nitrogen and oxygen atoms in total. The Morgan fingerprint density at radius 2 is 1.84 bits per heavy atom. The van der Waals surface area contributed by atoms with Gasteiger partial charge in [0.2, 0.25) is 0 Å². The number of hydrogen-bond donors (Lipinski definition) is 1. The Morgan fingerprint density at radius 3 is 2.26 bits per heavy atom. The molecule has 0 amide bonds. The van der Waals surface area contributed by atoms with Crippen LogP contribution in [0.5, 0.6) is 0 Å². The third-order valence-corrected chi connectivity index (χ3v) is 6.71. The van der Waals surface area contributed by atoms with Crippen LogP contribution in [0.2, 0.25) is 0 Å². The summed E-state index contributed by atoms with van der Waals surface area (Å²) in [5.41, 5.74) is 6.97. The van der Waals surface area contributed by atoms with Crippen molar-refractivity contribution in [3.63, 3.8) is 0 Å². The summed E-state index contributed by atoms with van der Waals surface area (Å²) in [6.07, 6.45) is 5.24. The second-order valence-corrected chi connectivity index (χ2v) is 9.21. The van der Waals surface area contributed by atoms with Crippen LogP contribution in [0.3, 0.4) is 0 Å². The van der Waals surface area contributed by atoms with Gasteiger partial charge in [-0.1, -0.05) is 20.8 Å². The molecule has 1 aromatic heterocycles. The molecule has 2 rings (SSSR count). The summed E-state index contributed by atoms with van der Waals surface area (Å²) in [4.78, 5) is 2.69. The van der Waals surface area contributed by atoms with Crippen LogP contribution >= 0.6 is 27.3 Å². The number of aryl methyl sites for hydroxylation is 1. The first-order valence-electron chi connectivity index (χ1n) is 7.30. The highest BCUT2D eigenvalue weighted by molar-refractivity contribution is 9.10. The summed E-state index contributed by atoms with van der Waals surface area (Å²) in [5.74, 6) is 1.53. The summed E-state index contributed by atoms with van der Waals surface area (Å²) in [7, 11) is 0. The van der Waals surface area contributed by atoms with Gasteiger partial charge >= 0.3 is 0 Å². The Bertz CT molecular complexity index is 424. The Kier molecular flexibility index (Phi) is 4.79. The molecule has 1 unspecified atom stereocenters. The minimum atomic E-state index is 0.217. The van der Waals surface area contributed by atoms with Crippen molar-refractivity contribution in [2.24, 2.45) is 23.0 Å². The fraction of sp³-hybridized carbons (Fsp3) is 0.750. The van der Waals surface area contributed by atoms with Gasteiger partial charge in [-0.05, 0) is 71.9 Å². The average molecular weight is 344 g/mol. The van der Waals surface area contributed by atoms with E-state index in [-0.39, 0.29) is 6.04 Å². The smallest absolute Gasteiger partial charge is 0.0429 e. The van der Waals surface area contributed by atoms with E-state index in [1.54, 1.807) is 0 Å². The van der Waals surface area contributed by atoms with Gasteiger partial charge < -0.3 is 5.73 Å². The van der Waals surface area contributed by atoms with E-state index in [1.807, 2.05) is 11.3 Å². The SMILES string of the molecule is Cc1cc(Br)c(C(N)C2CCC(C(C)(C)C)CC2)s1. The van der Waals surface area contributed by atoms with Crippen LogP contribution in [0, 0.1) is 24.2 Å². The van der Waals surface area contributed by atoms with Gasteiger partial charge in [0.1, 0.15) is 0 Å². The zero-order valence-electron chi connectivity index (χ0n) is 12.5. The summed E-state index contributed by atoms with van der Waals surface area (Å²) in [6.45, 7) is 9.27. The molecular weight excluding hydrogens is 318 g/mol. The number of rotatable bonds is 2. The molecule has 0 spiro atoms. The molecule has 1 aliphatic rings. The van der Waals surface area contributed by atoms with Crippen LogP contribution < -0.4 is 5.73 Å². The Balaban J connectivity index is 2.00. The second kappa shape index (κ2) is 5.87. The Labute approximate surface area is 130 Å². The van der Waals surface area contributed by atoms with E-state index in [0.717, 1.165) is 5.92 Å². The van der Waals surface area contributed by atoms with Crippen molar-refractivity contribution < 1.29 is 0 Å². The molecule has 0 radical (unpaired) electrons. The summed E-state index contributed by atoms with van der Waals surface area (Å²) < 4.78 is 1.21. The van der Waals surface area contributed by atoms with E-state index >= 15 is 0 Å². The molecule has 108 valence electrons. The number of thiophene rings is 1. The topological polar surface area (TPSA) is 26.0 Å². The van der Waals surface area contributed by atoms with Crippen molar-refractivity contribution >= 4 is 27.3 Å². The molecule has 0 saturated heterocycles. The van der Waals surface area contributed by atoms with Gasteiger partial charge in [0.05, 0.1) is 0 Å². The number of hydrogen-bond acceptors (Lipinski definition) is 2. The fourth-order valence-electron chi connectivity index (χ4n) is 3.29. The van der Waals surface area contributed by atoms with E-state index in [1.165, 1.54) is 39.9 Å². The monoisotopic (exact) mass is 343 g/mol. The molecule has 2 N–H and O–H groups in total. The van der Waals surface area contributed by atoms with E-state index in [9.17, 15) is 0 Å². The van der Waals surface area contributed by atoms with E-state index in [0.29, 0.717) is 11.3 Å².